The lowest BCUT2D eigenvalue weighted by Gasteiger charge is -2.36. The normalized spacial score (nSPS) is 20.0. The second-order valence-electron chi connectivity index (χ2n) is 8.52. The monoisotopic (exact) mass is 439 g/mol. The van der Waals surface area contributed by atoms with Gasteiger partial charge >= 0.3 is 0 Å². The molecule has 5 nitrogen and oxygen atoms in total. The Morgan fingerprint density at radius 3 is 2.55 bits per heavy atom. The fraction of sp³-hybridized carbons (Fsp3) is 0.400. The minimum absolute atomic E-state index is 0.115. The number of nitrogens with one attached hydrogen (secondary N) is 1. The Kier molecular flexibility index (Phi) is 6.83. The summed E-state index contributed by atoms with van der Waals surface area (Å²) in [4.78, 5) is 17.3. The van der Waals surface area contributed by atoms with E-state index in [0.29, 0.717) is 23.5 Å². The number of phenolic OH excluding ortho intramolecular Hbond substituents is 1. The Morgan fingerprint density at radius 2 is 1.84 bits per heavy atom. The number of halogens is 1. The van der Waals surface area contributed by atoms with Crippen LogP contribution in [0.25, 0.3) is 0 Å². The van der Waals surface area contributed by atoms with Crippen LogP contribution < -0.4 is 5.32 Å². The summed E-state index contributed by atoms with van der Waals surface area (Å²) >= 11 is 5.84. The summed E-state index contributed by atoms with van der Waals surface area (Å²) in [5.74, 6) is 0.231. The first-order chi connectivity index (χ1) is 15.0. The lowest BCUT2D eigenvalue weighted by molar-refractivity contribution is 0.0951. The number of phenols is 1. The van der Waals surface area contributed by atoms with Gasteiger partial charge in [0.25, 0.3) is 5.91 Å². The van der Waals surface area contributed by atoms with E-state index in [2.05, 4.69) is 52.0 Å². The van der Waals surface area contributed by atoms with E-state index in [4.69, 9.17) is 11.6 Å². The lowest BCUT2D eigenvalue weighted by Crippen LogP contribution is -2.42. The number of hydrogen-bond acceptors (Lipinski definition) is 4. The lowest BCUT2D eigenvalue weighted by atomic mass is 9.89. The molecule has 0 aliphatic carbocycles. The zero-order valence-corrected chi connectivity index (χ0v) is 18.5. The molecule has 1 unspecified atom stereocenters. The van der Waals surface area contributed by atoms with Gasteiger partial charge in [0.1, 0.15) is 5.75 Å². The van der Waals surface area contributed by atoms with E-state index >= 15 is 0 Å². The first-order valence-electron chi connectivity index (χ1n) is 11.0. The summed E-state index contributed by atoms with van der Waals surface area (Å²) in [5.41, 5.74) is 2.59. The highest BCUT2D eigenvalue weighted by Gasteiger charge is 2.31. The number of hydrogen-bond donors (Lipinski definition) is 2. The molecule has 2 fully saturated rings. The molecule has 0 bridgehead atoms. The number of benzene rings is 2. The summed E-state index contributed by atoms with van der Waals surface area (Å²) in [6, 6.07) is 15.9. The predicted molar refractivity (Wildman–Crippen MR) is 125 cm³/mol. The fourth-order valence-corrected chi connectivity index (χ4v) is 4.90. The third-order valence-electron chi connectivity index (χ3n) is 6.58. The number of rotatable bonds is 6. The van der Waals surface area contributed by atoms with Gasteiger partial charge in [-0.05, 0) is 62.0 Å². The molecule has 2 saturated heterocycles. The van der Waals surface area contributed by atoms with Crippen molar-refractivity contribution in [2.45, 2.75) is 31.2 Å². The molecule has 2 aliphatic heterocycles. The molecule has 4 rings (SSSR count). The summed E-state index contributed by atoms with van der Waals surface area (Å²) < 4.78 is 0. The van der Waals surface area contributed by atoms with Crippen molar-refractivity contribution >= 4 is 17.5 Å². The first kappa shape index (κ1) is 21.7. The molecule has 31 heavy (non-hydrogen) atoms. The molecule has 0 spiro atoms. The number of piperidine rings is 1. The Balaban J connectivity index is 1.23. The fourth-order valence-electron chi connectivity index (χ4n) is 4.74. The van der Waals surface area contributed by atoms with Gasteiger partial charge in [-0.3, -0.25) is 9.69 Å². The third kappa shape index (κ3) is 5.23. The quantitative estimate of drug-likeness (QED) is 0.706. The number of nitrogens with zero attached hydrogens (tertiary/aromatic N) is 2. The van der Waals surface area contributed by atoms with E-state index in [1.54, 1.807) is 6.07 Å². The molecule has 2 aromatic carbocycles. The predicted octanol–water partition coefficient (Wildman–Crippen LogP) is 4.24. The summed E-state index contributed by atoms with van der Waals surface area (Å²) in [5, 5.41) is 13.2. The highest BCUT2D eigenvalue weighted by molar-refractivity contribution is 6.30. The molecule has 0 saturated carbocycles. The highest BCUT2D eigenvalue weighted by Crippen LogP contribution is 2.30. The van der Waals surface area contributed by atoms with Crippen LogP contribution in [0.2, 0.25) is 5.02 Å². The van der Waals surface area contributed by atoms with Crippen LogP contribution in [0.15, 0.2) is 60.8 Å². The van der Waals surface area contributed by atoms with Gasteiger partial charge in [0.15, 0.2) is 0 Å². The largest absolute Gasteiger partial charge is 0.507 e. The number of likely N-dealkylation sites (tertiary alicyclic amines) is 2. The van der Waals surface area contributed by atoms with E-state index < -0.39 is 0 Å². The average molecular weight is 440 g/mol. The molecule has 1 atom stereocenters. The van der Waals surface area contributed by atoms with E-state index in [-0.39, 0.29) is 17.2 Å². The first-order valence-corrected chi connectivity index (χ1v) is 11.4. The van der Waals surface area contributed by atoms with E-state index in [9.17, 15) is 9.90 Å². The molecule has 2 aliphatic rings. The molecule has 6 heteroatoms. The molecular weight excluding hydrogens is 410 g/mol. The Morgan fingerprint density at radius 1 is 1.10 bits per heavy atom. The molecule has 0 radical (unpaired) electrons. The van der Waals surface area contributed by atoms with Gasteiger partial charge in [-0.2, -0.15) is 0 Å². The molecule has 2 heterocycles. The maximum Gasteiger partial charge on any atom is 0.255 e. The van der Waals surface area contributed by atoms with Gasteiger partial charge < -0.3 is 15.3 Å². The van der Waals surface area contributed by atoms with E-state index in [1.807, 2.05) is 0 Å². The van der Waals surface area contributed by atoms with Crippen LogP contribution in [-0.2, 0) is 0 Å². The summed E-state index contributed by atoms with van der Waals surface area (Å²) in [7, 11) is 0. The summed E-state index contributed by atoms with van der Waals surface area (Å²) in [6.45, 7) is 8.73. The van der Waals surface area contributed by atoms with Crippen LogP contribution in [0.5, 0.6) is 5.75 Å². The SMILES string of the molecule is C=C(CNC(=O)c1ccc(Cl)cc1O)N1CCC(N2CCC(c3ccccc3)CC2)C1. The van der Waals surface area contributed by atoms with Crippen molar-refractivity contribution in [3.8, 4) is 5.75 Å². The van der Waals surface area contributed by atoms with Gasteiger partial charge in [-0.25, -0.2) is 0 Å². The maximum absolute atomic E-state index is 12.4. The topological polar surface area (TPSA) is 55.8 Å². The van der Waals surface area contributed by atoms with Gasteiger partial charge in [0.05, 0.1) is 12.1 Å². The van der Waals surface area contributed by atoms with Crippen molar-refractivity contribution in [1.82, 2.24) is 15.1 Å². The zero-order chi connectivity index (χ0) is 21.8. The molecule has 164 valence electrons. The van der Waals surface area contributed by atoms with Crippen LogP contribution in [-0.4, -0.2) is 59.6 Å². The van der Waals surface area contributed by atoms with Gasteiger partial charge in [0.2, 0.25) is 0 Å². The maximum atomic E-state index is 12.4. The van der Waals surface area contributed by atoms with Crippen molar-refractivity contribution in [1.29, 1.82) is 0 Å². The Labute approximate surface area is 189 Å². The average Bonchev–Trinajstić information content (AvgIpc) is 3.28. The highest BCUT2D eigenvalue weighted by atomic mass is 35.5. The van der Waals surface area contributed by atoms with Crippen molar-refractivity contribution in [3.63, 3.8) is 0 Å². The van der Waals surface area contributed by atoms with Crippen LogP contribution in [0.4, 0.5) is 0 Å². The molecule has 2 aromatic rings. The third-order valence-corrected chi connectivity index (χ3v) is 6.82. The number of carbonyl (C=O) groups is 1. The van der Waals surface area contributed by atoms with Crippen LogP contribution >= 0.6 is 11.6 Å². The minimum Gasteiger partial charge on any atom is -0.507 e. The zero-order valence-electron chi connectivity index (χ0n) is 17.8. The van der Waals surface area contributed by atoms with Gasteiger partial charge in [-0.15, -0.1) is 0 Å². The second-order valence-corrected chi connectivity index (χ2v) is 8.96. The minimum atomic E-state index is -0.325. The number of aromatic hydroxyl groups is 1. The van der Waals surface area contributed by atoms with Crippen molar-refractivity contribution in [2.24, 2.45) is 0 Å². The molecule has 0 aromatic heterocycles. The molecule has 1 amide bonds. The van der Waals surface area contributed by atoms with Crippen molar-refractivity contribution < 1.29 is 9.90 Å². The van der Waals surface area contributed by atoms with E-state index in [0.717, 1.165) is 38.3 Å². The van der Waals surface area contributed by atoms with Crippen molar-refractivity contribution in [2.75, 3.05) is 32.7 Å². The smallest absolute Gasteiger partial charge is 0.255 e. The Hall–Kier alpha value is -2.50. The van der Waals surface area contributed by atoms with Crippen LogP contribution in [0, 0.1) is 0 Å². The number of amides is 1. The molecular formula is C25H30ClN3O2. The van der Waals surface area contributed by atoms with Crippen molar-refractivity contribution in [3.05, 3.63) is 77.0 Å². The number of carbonyl (C=O) groups excluding carboxylic acids is 1. The van der Waals surface area contributed by atoms with E-state index in [1.165, 1.54) is 30.5 Å². The van der Waals surface area contributed by atoms with Crippen LogP contribution in [0.1, 0.15) is 41.1 Å². The van der Waals surface area contributed by atoms with Crippen LogP contribution in [0.3, 0.4) is 0 Å². The summed E-state index contributed by atoms with van der Waals surface area (Å²) in [6.07, 6.45) is 3.55. The van der Waals surface area contributed by atoms with Gasteiger partial charge in [-0.1, -0.05) is 48.5 Å². The van der Waals surface area contributed by atoms with Gasteiger partial charge in [0, 0.05) is 29.9 Å². The second kappa shape index (κ2) is 9.75. The Bertz CT molecular complexity index is 926. The molecule has 2 N–H and O–H groups in total. The standard InChI is InChI=1S/C25H30ClN3O2/c1-18(16-27-25(31)23-8-7-21(26)15-24(23)30)29-14-11-22(17-29)28-12-9-20(10-13-28)19-5-3-2-4-6-19/h2-8,15,20,22,30H,1,9-14,16-17H2,(H,27,31).